The molecule has 0 saturated carbocycles. The molecule has 50 heavy (non-hydrogen) atoms. The number of phenols is 1. The van der Waals surface area contributed by atoms with E-state index in [2.05, 4.69) is 79.0 Å². The molecule has 0 amide bonds. The van der Waals surface area contributed by atoms with Crippen molar-refractivity contribution in [3.05, 3.63) is 151 Å². The van der Waals surface area contributed by atoms with Crippen molar-refractivity contribution in [1.82, 2.24) is 19.4 Å². The zero-order valence-corrected chi connectivity index (χ0v) is 27.6. The highest BCUT2D eigenvalue weighted by molar-refractivity contribution is 6.11. The number of nitrogens with zero attached hydrogens (tertiary/aromatic N) is 4. The molecule has 0 unspecified atom stereocenters. The summed E-state index contributed by atoms with van der Waals surface area (Å²) in [5.41, 5.74) is 11.2. The lowest BCUT2D eigenvalue weighted by Gasteiger charge is -2.13. The predicted octanol–water partition coefficient (Wildman–Crippen LogP) is 11.2. The van der Waals surface area contributed by atoms with E-state index in [0.29, 0.717) is 17.0 Å². The molecule has 1 N–H and O–H groups in total. The minimum Gasteiger partial charge on any atom is -0.507 e. The summed E-state index contributed by atoms with van der Waals surface area (Å²) in [6, 6.07) is 46.5. The molecule has 6 heteroatoms. The van der Waals surface area contributed by atoms with Gasteiger partial charge in [0.2, 0.25) is 5.78 Å². The van der Waals surface area contributed by atoms with Gasteiger partial charge in [0.05, 0.1) is 22.8 Å². The third-order valence-corrected chi connectivity index (χ3v) is 9.29. The molecule has 0 bridgehead atoms. The Balaban J connectivity index is 1.37. The van der Waals surface area contributed by atoms with Crippen LogP contribution in [-0.2, 0) is 0 Å². The van der Waals surface area contributed by atoms with Gasteiger partial charge in [-0.15, -0.1) is 0 Å². The van der Waals surface area contributed by atoms with Crippen LogP contribution in [0.5, 0.6) is 5.75 Å². The first-order valence-corrected chi connectivity index (χ1v) is 16.8. The van der Waals surface area contributed by atoms with E-state index in [9.17, 15) is 5.11 Å². The fraction of sp³-hybridized carbons (Fsp3) is 0.0682. The number of aromatic nitrogens is 4. The molecule has 9 rings (SSSR count). The Hall–Kier alpha value is -6.53. The summed E-state index contributed by atoms with van der Waals surface area (Å²) in [5.74, 6) is 1.08. The number of para-hydroxylation sites is 2. The summed E-state index contributed by atoms with van der Waals surface area (Å²) in [5, 5.41) is 12.9. The number of benzene rings is 5. The van der Waals surface area contributed by atoms with E-state index in [1.54, 1.807) is 6.07 Å². The van der Waals surface area contributed by atoms with Crippen LogP contribution in [0.25, 0.3) is 83.9 Å². The monoisotopic (exact) mass is 648 g/mol. The lowest BCUT2D eigenvalue weighted by molar-refractivity contribution is 0.477. The molecular formula is C44H32N4O2. The number of phenolic OH excluding ortho intramolecular Hbond substituents is 1. The van der Waals surface area contributed by atoms with Crippen molar-refractivity contribution < 1.29 is 9.52 Å². The second-order valence-electron chi connectivity index (χ2n) is 12.9. The van der Waals surface area contributed by atoms with Gasteiger partial charge in [0.1, 0.15) is 16.9 Å². The van der Waals surface area contributed by atoms with Crippen molar-refractivity contribution in [2.45, 2.75) is 19.8 Å². The van der Waals surface area contributed by atoms with Crippen LogP contribution in [0.1, 0.15) is 25.5 Å². The first kappa shape index (κ1) is 29.6. The number of hydrogen-bond donors (Lipinski definition) is 1. The van der Waals surface area contributed by atoms with E-state index in [-0.39, 0.29) is 11.7 Å². The van der Waals surface area contributed by atoms with Gasteiger partial charge in [-0.25, -0.2) is 15.0 Å². The Bertz CT molecular complexity index is 2690. The van der Waals surface area contributed by atoms with E-state index in [1.165, 1.54) is 0 Å². The first-order valence-electron chi connectivity index (χ1n) is 16.8. The van der Waals surface area contributed by atoms with Crippen molar-refractivity contribution in [1.29, 1.82) is 0 Å². The molecule has 0 aliphatic rings. The topological polar surface area (TPSA) is 76.5 Å². The number of hydrogen-bond acceptors (Lipinski definition) is 5. The third-order valence-electron chi connectivity index (χ3n) is 9.29. The highest BCUT2D eigenvalue weighted by atomic mass is 16.3. The number of pyridine rings is 1. The average molecular weight is 649 g/mol. The molecule has 9 aromatic rings. The van der Waals surface area contributed by atoms with E-state index in [0.717, 1.165) is 72.5 Å². The smallest absolute Gasteiger partial charge is 0.235 e. The average Bonchev–Trinajstić information content (AvgIpc) is 3.74. The van der Waals surface area contributed by atoms with Crippen LogP contribution in [0.2, 0.25) is 0 Å². The fourth-order valence-electron chi connectivity index (χ4n) is 6.79. The third kappa shape index (κ3) is 5.01. The Labute approximate surface area is 289 Å². The van der Waals surface area contributed by atoms with Crippen molar-refractivity contribution in [3.63, 3.8) is 0 Å². The molecular weight excluding hydrogens is 617 g/mol. The van der Waals surface area contributed by atoms with Crippen molar-refractivity contribution in [2.75, 3.05) is 0 Å². The van der Waals surface area contributed by atoms with Gasteiger partial charge in [-0.05, 0) is 65.6 Å². The van der Waals surface area contributed by atoms with Crippen LogP contribution in [0, 0.1) is 0 Å². The molecule has 4 aromatic heterocycles. The quantitative estimate of drug-likeness (QED) is 0.194. The zero-order chi connectivity index (χ0) is 33.8. The zero-order valence-electron chi connectivity index (χ0n) is 27.6. The maximum atomic E-state index is 10.9. The van der Waals surface area contributed by atoms with Gasteiger partial charge >= 0.3 is 0 Å². The maximum absolute atomic E-state index is 10.9. The van der Waals surface area contributed by atoms with E-state index in [1.807, 2.05) is 78.9 Å². The number of fused-ring (bicyclic) bond motifs is 4. The van der Waals surface area contributed by atoms with E-state index >= 15 is 0 Å². The molecule has 0 aliphatic heterocycles. The molecule has 4 heterocycles. The number of furan rings is 1. The van der Waals surface area contributed by atoms with Crippen molar-refractivity contribution >= 4 is 27.7 Å². The van der Waals surface area contributed by atoms with Gasteiger partial charge in [0, 0.05) is 44.9 Å². The fourth-order valence-corrected chi connectivity index (χ4v) is 6.79. The Morgan fingerprint density at radius 2 is 1.26 bits per heavy atom. The lowest BCUT2D eigenvalue weighted by atomic mass is 9.96. The Morgan fingerprint density at radius 3 is 2.02 bits per heavy atom. The van der Waals surface area contributed by atoms with E-state index < -0.39 is 0 Å². The minimum atomic E-state index is 0.171. The van der Waals surface area contributed by atoms with Gasteiger partial charge < -0.3 is 9.52 Å². The van der Waals surface area contributed by atoms with Crippen LogP contribution < -0.4 is 0 Å². The first-order chi connectivity index (χ1) is 24.5. The van der Waals surface area contributed by atoms with Crippen LogP contribution >= 0.6 is 0 Å². The highest BCUT2D eigenvalue weighted by Gasteiger charge is 2.23. The molecule has 5 aromatic carbocycles. The van der Waals surface area contributed by atoms with Gasteiger partial charge in [-0.2, -0.15) is 0 Å². The van der Waals surface area contributed by atoms with Gasteiger partial charge in [-0.1, -0.05) is 105 Å². The SMILES string of the molecule is CC(C)c1ccn2c(-c3ccccc3)c(-c3cc(-c4cc(-c5ccccc5)cc(-c5ccccc5O)n4)c4oc5ccccc5c4c3)nc2n1. The molecule has 6 nitrogen and oxygen atoms in total. The molecule has 0 spiro atoms. The largest absolute Gasteiger partial charge is 0.507 e. The van der Waals surface area contributed by atoms with Crippen molar-refractivity contribution in [2.24, 2.45) is 0 Å². The second kappa shape index (κ2) is 11.9. The van der Waals surface area contributed by atoms with Crippen molar-refractivity contribution in [3.8, 4) is 61.9 Å². The Kier molecular flexibility index (Phi) is 7.02. The molecule has 0 saturated heterocycles. The molecule has 240 valence electrons. The summed E-state index contributed by atoms with van der Waals surface area (Å²) >= 11 is 0. The molecule has 0 atom stereocenters. The molecule has 0 aliphatic carbocycles. The minimum absolute atomic E-state index is 0.171. The molecule has 0 fully saturated rings. The second-order valence-corrected chi connectivity index (χ2v) is 12.9. The standard InChI is InChI=1S/C44H32N4O2/c1-27(2)36-21-22-48-42(29-15-7-4-8-16-29)41(47-44(48)46-36)31-23-34-32-17-10-12-20-40(32)50-43(34)35(24-31)38-26-30(28-13-5-3-6-14-28)25-37(45-38)33-18-9-11-19-39(33)49/h3-27,49H,1-2H3. The van der Waals surface area contributed by atoms with Gasteiger partial charge in [0.15, 0.2) is 0 Å². The van der Waals surface area contributed by atoms with Crippen LogP contribution in [0.3, 0.4) is 0 Å². The van der Waals surface area contributed by atoms with Gasteiger partial charge in [0.25, 0.3) is 0 Å². The maximum Gasteiger partial charge on any atom is 0.235 e. The summed E-state index contributed by atoms with van der Waals surface area (Å²) in [4.78, 5) is 15.4. The predicted molar refractivity (Wildman–Crippen MR) is 201 cm³/mol. The summed E-state index contributed by atoms with van der Waals surface area (Å²) in [7, 11) is 0. The number of aromatic hydroxyl groups is 1. The van der Waals surface area contributed by atoms with Crippen LogP contribution in [0.4, 0.5) is 0 Å². The Morgan fingerprint density at radius 1 is 0.580 bits per heavy atom. The van der Waals surface area contributed by atoms with Gasteiger partial charge in [-0.3, -0.25) is 4.40 Å². The lowest BCUT2D eigenvalue weighted by Crippen LogP contribution is -1.97. The number of rotatable bonds is 6. The normalized spacial score (nSPS) is 11.7. The number of imidazole rings is 1. The van der Waals surface area contributed by atoms with E-state index in [4.69, 9.17) is 19.4 Å². The summed E-state index contributed by atoms with van der Waals surface area (Å²) in [6.45, 7) is 4.29. The molecule has 0 radical (unpaired) electrons. The van der Waals surface area contributed by atoms with Crippen LogP contribution in [-0.4, -0.2) is 24.5 Å². The van der Waals surface area contributed by atoms with Crippen LogP contribution in [0.15, 0.2) is 150 Å². The summed E-state index contributed by atoms with van der Waals surface area (Å²) < 4.78 is 8.71. The highest BCUT2D eigenvalue weighted by Crippen LogP contribution is 2.43. The summed E-state index contributed by atoms with van der Waals surface area (Å²) in [6.07, 6.45) is 2.08.